The number of rotatable bonds is 2. The molecular weight excluding hydrogens is 260 g/mol. The Hall–Kier alpha value is -1.68. The highest BCUT2D eigenvalue weighted by atomic mass is 15.2. The zero-order chi connectivity index (χ0) is 14.1. The predicted molar refractivity (Wildman–Crippen MR) is 82.2 cm³/mol. The maximum atomic E-state index is 4.85. The van der Waals surface area contributed by atoms with Crippen LogP contribution in [0.3, 0.4) is 0 Å². The molecule has 2 aliphatic rings. The van der Waals surface area contributed by atoms with Gasteiger partial charge >= 0.3 is 0 Å². The maximum Gasteiger partial charge on any atom is 0.153 e. The number of fused-ring (bicyclic) bond motifs is 1. The third-order valence-electron chi connectivity index (χ3n) is 4.91. The zero-order valence-corrected chi connectivity index (χ0v) is 12.3. The van der Waals surface area contributed by atoms with Crippen LogP contribution >= 0.6 is 0 Å². The van der Waals surface area contributed by atoms with Gasteiger partial charge in [-0.05, 0) is 24.0 Å². The van der Waals surface area contributed by atoms with Crippen LogP contribution in [-0.2, 0) is 6.54 Å². The summed E-state index contributed by atoms with van der Waals surface area (Å²) < 4.78 is 0. The SMILES string of the molecule is c1ccc2c(c1)CNCC2c1nc(C2CCCCC2)n[nH]1. The van der Waals surface area contributed by atoms with E-state index in [9.17, 15) is 0 Å². The van der Waals surface area contributed by atoms with Crippen molar-refractivity contribution in [1.29, 1.82) is 0 Å². The molecule has 4 heteroatoms. The van der Waals surface area contributed by atoms with Crippen molar-refractivity contribution in [1.82, 2.24) is 20.5 Å². The first-order valence-corrected chi connectivity index (χ1v) is 8.12. The van der Waals surface area contributed by atoms with E-state index < -0.39 is 0 Å². The fourth-order valence-electron chi connectivity index (χ4n) is 3.73. The Balaban J connectivity index is 1.61. The standard InChI is InChI=1S/C17H22N4/c1-2-6-12(7-3-1)16-19-17(21-20-16)15-11-18-10-13-8-4-5-9-14(13)15/h4-5,8-9,12,15,18H,1-3,6-7,10-11H2,(H,19,20,21). The van der Waals surface area contributed by atoms with Crippen molar-refractivity contribution < 1.29 is 0 Å². The number of H-pyrrole nitrogens is 1. The maximum absolute atomic E-state index is 4.85. The summed E-state index contributed by atoms with van der Waals surface area (Å²) in [6.45, 7) is 1.90. The average Bonchev–Trinajstić information content (AvgIpc) is 3.05. The first-order valence-electron chi connectivity index (χ1n) is 8.12. The fraction of sp³-hybridized carbons (Fsp3) is 0.529. The third kappa shape index (κ3) is 2.48. The van der Waals surface area contributed by atoms with Crippen LogP contribution < -0.4 is 5.32 Å². The molecule has 1 aliphatic heterocycles. The van der Waals surface area contributed by atoms with Gasteiger partial charge < -0.3 is 5.32 Å². The van der Waals surface area contributed by atoms with Gasteiger partial charge in [-0.1, -0.05) is 43.5 Å². The molecule has 1 saturated carbocycles. The van der Waals surface area contributed by atoms with Crippen LogP contribution in [0.1, 0.15) is 66.7 Å². The molecule has 2 aromatic rings. The van der Waals surface area contributed by atoms with Crippen molar-refractivity contribution in [3.8, 4) is 0 Å². The second-order valence-corrected chi connectivity index (χ2v) is 6.30. The molecule has 4 nitrogen and oxygen atoms in total. The van der Waals surface area contributed by atoms with Crippen molar-refractivity contribution in [3.63, 3.8) is 0 Å². The lowest BCUT2D eigenvalue weighted by Gasteiger charge is -2.24. The van der Waals surface area contributed by atoms with Gasteiger partial charge in [-0.25, -0.2) is 4.98 Å². The molecule has 1 aromatic heterocycles. The molecule has 1 fully saturated rings. The minimum absolute atomic E-state index is 0.305. The zero-order valence-electron chi connectivity index (χ0n) is 12.3. The van der Waals surface area contributed by atoms with Gasteiger partial charge in [0.05, 0.1) is 5.92 Å². The normalized spacial score (nSPS) is 23.0. The lowest BCUT2D eigenvalue weighted by Crippen LogP contribution is -2.29. The molecule has 0 spiro atoms. The highest BCUT2D eigenvalue weighted by molar-refractivity contribution is 5.36. The summed E-state index contributed by atoms with van der Waals surface area (Å²) in [5, 5.41) is 11.2. The average molecular weight is 282 g/mol. The lowest BCUT2D eigenvalue weighted by molar-refractivity contribution is 0.429. The van der Waals surface area contributed by atoms with Gasteiger partial charge in [0.25, 0.3) is 0 Å². The minimum atomic E-state index is 0.305. The Morgan fingerprint density at radius 3 is 2.81 bits per heavy atom. The minimum Gasteiger partial charge on any atom is -0.312 e. The number of benzene rings is 1. The van der Waals surface area contributed by atoms with E-state index in [1.54, 1.807) is 0 Å². The Morgan fingerprint density at radius 1 is 1.05 bits per heavy atom. The van der Waals surface area contributed by atoms with Gasteiger partial charge in [0, 0.05) is 19.0 Å². The van der Waals surface area contributed by atoms with Gasteiger partial charge in [0.1, 0.15) is 5.82 Å². The van der Waals surface area contributed by atoms with E-state index in [2.05, 4.69) is 39.8 Å². The highest BCUT2D eigenvalue weighted by Crippen LogP contribution is 2.32. The molecule has 4 rings (SSSR count). The van der Waals surface area contributed by atoms with Crippen LogP contribution in [0.4, 0.5) is 0 Å². The van der Waals surface area contributed by atoms with Crippen LogP contribution in [0.2, 0.25) is 0 Å². The molecule has 0 amide bonds. The van der Waals surface area contributed by atoms with Crippen molar-refractivity contribution in [2.45, 2.75) is 50.5 Å². The summed E-state index contributed by atoms with van der Waals surface area (Å²) in [7, 11) is 0. The topological polar surface area (TPSA) is 53.6 Å². The van der Waals surface area contributed by atoms with E-state index >= 15 is 0 Å². The molecule has 1 aromatic carbocycles. The molecule has 1 unspecified atom stereocenters. The van der Waals surface area contributed by atoms with Crippen molar-refractivity contribution in [2.24, 2.45) is 0 Å². The van der Waals surface area contributed by atoms with E-state index in [0.29, 0.717) is 11.8 Å². The number of aromatic amines is 1. The Morgan fingerprint density at radius 2 is 1.90 bits per heavy atom. The molecule has 21 heavy (non-hydrogen) atoms. The summed E-state index contributed by atoms with van der Waals surface area (Å²) in [5.74, 6) is 2.93. The lowest BCUT2D eigenvalue weighted by atomic mass is 9.88. The largest absolute Gasteiger partial charge is 0.312 e. The van der Waals surface area contributed by atoms with Crippen LogP contribution in [0.15, 0.2) is 24.3 Å². The molecule has 0 saturated heterocycles. The van der Waals surface area contributed by atoms with Gasteiger partial charge in [-0.3, -0.25) is 5.10 Å². The van der Waals surface area contributed by atoms with Gasteiger partial charge in [-0.15, -0.1) is 0 Å². The first kappa shape index (κ1) is 13.0. The van der Waals surface area contributed by atoms with E-state index in [1.807, 2.05) is 0 Å². The predicted octanol–water partition coefficient (Wildman–Crippen LogP) is 3.09. The van der Waals surface area contributed by atoms with E-state index in [4.69, 9.17) is 4.98 Å². The summed E-state index contributed by atoms with van der Waals surface area (Å²) in [5.41, 5.74) is 2.77. The Labute approximate surface area is 125 Å². The number of hydrogen-bond donors (Lipinski definition) is 2. The second-order valence-electron chi connectivity index (χ2n) is 6.30. The monoisotopic (exact) mass is 282 g/mol. The van der Waals surface area contributed by atoms with Gasteiger partial charge in [0.2, 0.25) is 0 Å². The Kier molecular flexibility index (Phi) is 3.47. The number of nitrogens with one attached hydrogen (secondary N) is 2. The van der Waals surface area contributed by atoms with Crippen LogP contribution in [0.25, 0.3) is 0 Å². The van der Waals surface area contributed by atoms with E-state index in [0.717, 1.165) is 24.7 Å². The van der Waals surface area contributed by atoms with Crippen molar-refractivity contribution >= 4 is 0 Å². The summed E-state index contributed by atoms with van der Waals surface area (Å²) in [4.78, 5) is 4.85. The van der Waals surface area contributed by atoms with E-state index in [-0.39, 0.29) is 0 Å². The molecule has 0 bridgehead atoms. The smallest absolute Gasteiger partial charge is 0.153 e. The number of nitrogens with zero attached hydrogens (tertiary/aromatic N) is 2. The quantitative estimate of drug-likeness (QED) is 0.890. The van der Waals surface area contributed by atoms with Crippen LogP contribution in [0, 0.1) is 0 Å². The van der Waals surface area contributed by atoms with Crippen LogP contribution in [-0.4, -0.2) is 21.7 Å². The summed E-state index contributed by atoms with van der Waals surface area (Å²) in [6, 6.07) is 8.66. The molecule has 110 valence electrons. The fourth-order valence-corrected chi connectivity index (χ4v) is 3.73. The summed E-state index contributed by atoms with van der Waals surface area (Å²) >= 11 is 0. The Bertz CT molecular complexity index is 613. The summed E-state index contributed by atoms with van der Waals surface area (Å²) in [6.07, 6.45) is 6.51. The second kappa shape index (κ2) is 5.60. The number of hydrogen-bond acceptors (Lipinski definition) is 3. The molecule has 2 heterocycles. The van der Waals surface area contributed by atoms with Crippen molar-refractivity contribution in [2.75, 3.05) is 6.54 Å². The molecule has 2 N–H and O–H groups in total. The first-order chi connectivity index (χ1) is 10.4. The van der Waals surface area contributed by atoms with Crippen molar-refractivity contribution in [3.05, 3.63) is 47.0 Å². The van der Waals surface area contributed by atoms with Gasteiger partial charge in [0.15, 0.2) is 5.82 Å². The highest BCUT2D eigenvalue weighted by Gasteiger charge is 2.26. The molecule has 0 radical (unpaired) electrons. The van der Waals surface area contributed by atoms with Crippen LogP contribution in [0.5, 0.6) is 0 Å². The third-order valence-corrected chi connectivity index (χ3v) is 4.91. The number of aromatic nitrogens is 3. The molecular formula is C17H22N4. The molecule has 1 aliphatic carbocycles. The molecule has 1 atom stereocenters. The van der Waals surface area contributed by atoms with E-state index in [1.165, 1.54) is 43.2 Å². The van der Waals surface area contributed by atoms with Gasteiger partial charge in [-0.2, -0.15) is 5.10 Å².